The van der Waals surface area contributed by atoms with Crippen LogP contribution in [0.25, 0.3) is 21.8 Å². The molecule has 1 amide bonds. The third kappa shape index (κ3) is 3.12. The van der Waals surface area contributed by atoms with Gasteiger partial charge in [0.15, 0.2) is 0 Å². The second-order valence-corrected chi connectivity index (χ2v) is 7.86. The quantitative estimate of drug-likeness (QED) is 0.561. The number of fused-ring (bicyclic) bond motifs is 3. The van der Waals surface area contributed by atoms with Gasteiger partial charge < -0.3 is 14.8 Å². The van der Waals surface area contributed by atoms with Crippen molar-refractivity contribution in [3.8, 4) is 0 Å². The Morgan fingerprint density at radius 3 is 2.55 bits per heavy atom. The van der Waals surface area contributed by atoms with Gasteiger partial charge in [0.1, 0.15) is 5.69 Å². The van der Waals surface area contributed by atoms with Gasteiger partial charge in [-0.3, -0.25) is 9.78 Å². The highest BCUT2D eigenvalue weighted by molar-refractivity contribution is 6.07. The fourth-order valence-electron chi connectivity index (χ4n) is 4.33. The van der Waals surface area contributed by atoms with Gasteiger partial charge in [-0.2, -0.15) is 0 Å². The van der Waals surface area contributed by atoms with Crippen molar-refractivity contribution in [3.63, 3.8) is 0 Å². The van der Waals surface area contributed by atoms with Crippen molar-refractivity contribution >= 4 is 33.4 Å². The van der Waals surface area contributed by atoms with Crippen LogP contribution in [-0.4, -0.2) is 47.0 Å². The van der Waals surface area contributed by atoms with E-state index in [9.17, 15) is 4.79 Å². The first-order valence-corrected chi connectivity index (χ1v) is 10.1. The summed E-state index contributed by atoms with van der Waals surface area (Å²) in [5.41, 5.74) is 6.31. The molecule has 5 rings (SSSR count). The molecule has 0 radical (unpaired) electrons. The molecule has 1 aliphatic heterocycles. The second-order valence-electron chi connectivity index (χ2n) is 7.86. The van der Waals surface area contributed by atoms with Crippen LogP contribution in [0, 0.1) is 13.8 Å². The number of hydrogen-bond donors (Lipinski definition) is 1. The summed E-state index contributed by atoms with van der Waals surface area (Å²) < 4.78 is 0. The van der Waals surface area contributed by atoms with E-state index in [-0.39, 0.29) is 5.91 Å². The van der Waals surface area contributed by atoms with Gasteiger partial charge in [0, 0.05) is 48.8 Å². The summed E-state index contributed by atoms with van der Waals surface area (Å²) in [5, 5.41) is 2.09. The summed E-state index contributed by atoms with van der Waals surface area (Å²) in [6.45, 7) is 7.41. The van der Waals surface area contributed by atoms with Crippen molar-refractivity contribution in [2.24, 2.45) is 0 Å². The van der Waals surface area contributed by atoms with E-state index in [0.717, 1.165) is 48.0 Å². The van der Waals surface area contributed by atoms with Crippen LogP contribution in [0.15, 0.2) is 54.7 Å². The van der Waals surface area contributed by atoms with Gasteiger partial charge in [0.25, 0.3) is 5.91 Å². The molecule has 5 nitrogen and oxygen atoms in total. The number of aromatic nitrogens is 2. The Kier molecular flexibility index (Phi) is 4.23. The summed E-state index contributed by atoms with van der Waals surface area (Å²) in [5.74, 6) is 0.0607. The van der Waals surface area contributed by atoms with E-state index in [1.54, 1.807) is 6.20 Å². The molecule has 2 aromatic heterocycles. The molecule has 0 atom stereocenters. The Labute approximate surface area is 170 Å². The van der Waals surface area contributed by atoms with Crippen molar-refractivity contribution < 1.29 is 4.79 Å². The number of H-pyrrole nitrogens is 1. The molecule has 5 heteroatoms. The Hall–Kier alpha value is -3.34. The predicted octanol–water partition coefficient (Wildman–Crippen LogP) is 4.30. The number of nitrogens with zero attached hydrogens (tertiary/aromatic N) is 3. The molecule has 0 saturated carbocycles. The smallest absolute Gasteiger partial charge is 0.270 e. The number of piperazine rings is 1. The van der Waals surface area contributed by atoms with Crippen LogP contribution in [0.4, 0.5) is 5.69 Å². The third-order valence-electron chi connectivity index (χ3n) is 5.86. The third-order valence-corrected chi connectivity index (χ3v) is 5.86. The van der Waals surface area contributed by atoms with Gasteiger partial charge in [-0.05, 0) is 37.6 Å². The van der Waals surface area contributed by atoms with E-state index in [0.29, 0.717) is 5.69 Å². The summed E-state index contributed by atoms with van der Waals surface area (Å²) in [6, 6.07) is 16.6. The molecule has 1 saturated heterocycles. The first kappa shape index (κ1) is 17.7. The highest BCUT2D eigenvalue weighted by Crippen LogP contribution is 2.26. The SMILES string of the molecule is Cc1ccc(N2CCN(C(=O)c3cc4ccc5cccnc5c4[nH]3)CC2)c(C)c1. The maximum atomic E-state index is 13.1. The number of benzene rings is 2. The molecule has 29 heavy (non-hydrogen) atoms. The van der Waals surface area contributed by atoms with E-state index < -0.39 is 0 Å². The van der Waals surface area contributed by atoms with Crippen molar-refractivity contribution in [2.45, 2.75) is 13.8 Å². The van der Waals surface area contributed by atoms with Crippen LogP contribution in [0.5, 0.6) is 0 Å². The lowest BCUT2D eigenvalue weighted by Gasteiger charge is -2.36. The molecule has 2 aromatic carbocycles. The Morgan fingerprint density at radius 2 is 1.76 bits per heavy atom. The van der Waals surface area contributed by atoms with E-state index in [1.165, 1.54) is 16.8 Å². The number of aromatic amines is 1. The topological polar surface area (TPSA) is 52.2 Å². The fourth-order valence-corrected chi connectivity index (χ4v) is 4.33. The molecule has 0 unspecified atom stereocenters. The number of carbonyl (C=O) groups is 1. The maximum absolute atomic E-state index is 13.1. The molecule has 1 N–H and O–H groups in total. The lowest BCUT2D eigenvalue weighted by molar-refractivity contribution is 0.0742. The van der Waals surface area contributed by atoms with Crippen LogP contribution >= 0.6 is 0 Å². The number of rotatable bonds is 2. The number of hydrogen-bond acceptors (Lipinski definition) is 3. The Balaban J connectivity index is 1.36. The second kappa shape index (κ2) is 6.92. The summed E-state index contributed by atoms with van der Waals surface area (Å²) in [4.78, 5) is 25.3. The van der Waals surface area contributed by atoms with Gasteiger partial charge in [-0.15, -0.1) is 0 Å². The number of nitrogens with one attached hydrogen (secondary N) is 1. The molecule has 3 heterocycles. The standard InChI is InChI=1S/C24H24N4O/c1-16-5-8-21(17(2)14-16)27-10-12-28(13-11-27)24(29)20-15-19-7-6-18-4-3-9-25-22(18)23(19)26-20/h3-9,14-15,26H,10-13H2,1-2H3. The van der Waals surface area contributed by atoms with Gasteiger partial charge in [-0.25, -0.2) is 0 Å². The minimum atomic E-state index is 0.0607. The average molecular weight is 384 g/mol. The minimum Gasteiger partial charge on any atom is -0.368 e. The number of carbonyl (C=O) groups excluding carboxylic acids is 1. The van der Waals surface area contributed by atoms with Gasteiger partial charge in [0.2, 0.25) is 0 Å². The molecule has 1 fully saturated rings. The lowest BCUT2D eigenvalue weighted by Crippen LogP contribution is -2.49. The normalized spacial score (nSPS) is 14.7. The van der Waals surface area contributed by atoms with Crippen molar-refractivity contribution in [3.05, 3.63) is 71.5 Å². The first-order valence-electron chi connectivity index (χ1n) is 10.1. The highest BCUT2D eigenvalue weighted by Gasteiger charge is 2.24. The zero-order chi connectivity index (χ0) is 20.0. The van der Waals surface area contributed by atoms with E-state index >= 15 is 0 Å². The molecule has 0 spiro atoms. The van der Waals surface area contributed by atoms with Crippen molar-refractivity contribution in [1.82, 2.24) is 14.9 Å². The predicted molar refractivity (Wildman–Crippen MR) is 118 cm³/mol. The average Bonchev–Trinajstić information content (AvgIpc) is 3.18. The van der Waals surface area contributed by atoms with Crippen LogP contribution in [0.2, 0.25) is 0 Å². The maximum Gasteiger partial charge on any atom is 0.270 e. The summed E-state index contributed by atoms with van der Waals surface area (Å²) in [7, 11) is 0. The molecule has 146 valence electrons. The molecular formula is C24H24N4O. The minimum absolute atomic E-state index is 0.0607. The number of amides is 1. The van der Waals surface area contributed by atoms with Crippen LogP contribution in [0.1, 0.15) is 21.6 Å². The summed E-state index contributed by atoms with van der Waals surface area (Å²) >= 11 is 0. The number of pyridine rings is 1. The van der Waals surface area contributed by atoms with Crippen LogP contribution in [-0.2, 0) is 0 Å². The lowest BCUT2D eigenvalue weighted by atomic mass is 10.1. The number of anilines is 1. The van der Waals surface area contributed by atoms with E-state index in [4.69, 9.17) is 0 Å². The van der Waals surface area contributed by atoms with E-state index in [2.05, 4.69) is 53.0 Å². The largest absolute Gasteiger partial charge is 0.368 e. The Bertz CT molecular complexity index is 1220. The first-order chi connectivity index (χ1) is 14.1. The van der Waals surface area contributed by atoms with Crippen LogP contribution < -0.4 is 4.90 Å². The zero-order valence-electron chi connectivity index (χ0n) is 16.8. The zero-order valence-corrected chi connectivity index (χ0v) is 16.8. The van der Waals surface area contributed by atoms with E-state index in [1.807, 2.05) is 29.2 Å². The highest BCUT2D eigenvalue weighted by atomic mass is 16.2. The van der Waals surface area contributed by atoms with Gasteiger partial charge in [-0.1, -0.05) is 35.9 Å². The number of aryl methyl sites for hydroxylation is 2. The molecule has 1 aliphatic rings. The Morgan fingerprint density at radius 1 is 0.966 bits per heavy atom. The van der Waals surface area contributed by atoms with Crippen molar-refractivity contribution in [1.29, 1.82) is 0 Å². The monoisotopic (exact) mass is 384 g/mol. The fraction of sp³-hybridized carbons (Fsp3) is 0.250. The van der Waals surface area contributed by atoms with Gasteiger partial charge >= 0.3 is 0 Å². The van der Waals surface area contributed by atoms with Crippen LogP contribution in [0.3, 0.4) is 0 Å². The molecule has 4 aromatic rings. The molecular weight excluding hydrogens is 360 g/mol. The van der Waals surface area contributed by atoms with Crippen molar-refractivity contribution in [2.75, 3.05) is 31.1 Å². The molecule has 0 aliphatic carbocycles. The summed E-state index contributed by atoms with van der Waals surface area (Å²) in [6.07, 6.45) is 1.79. The van der Waals surface area contributed by atoms with Gasteiger partial charge in [0.05, 0.1) is 11.0 Å². The molecule has 0 bridgehead atoms.